The summed E-state index contributed by atoms with van der Waals surface area (Å²) >= 11 is 6.15. The van der Waals surface area contributed by atoms with Crippen molar-refractivity contribution >= 4 is 62.9 Å². The highest BCUT2D eigenvalue weighted by Crippen LogP contribution is 2.51. The Kier molecular flexibility index (Phi) is 5.22. The summed E-state index contributed by atoms with van der Waals surface area (Å²) in [5, 5.41) is 9.88. The van der Waals surface area contributed by atoms with Gasteiger partial charge in [0.15, 0.2) is 0 Å². The Hall–Kier alpha value is -2.65. The van der Waals surface area contributed by atoms with Crippen LogP contribution in [0.4, 0.5) is 5.69 Å². The summed E-state index contributed by atoms with van der Waals surface area (Å²) in [6, 6.07) is 3.90. The summed E-state index contributed by atoms with van der Waals surface area (Å²) in [6.07, 6.45) is 3.47. The van der Waals surface area contributed by atoms with Crippen molar-refractivity contribution in [2.24, 2.45) is 0 Å². The topological polar surface area (TPSA) is 91.1 Å². The van der Waals surface area contributed by atoms with Gasteiger partial charge < -0.3 is 14.4 Å². The number of aliphatic carboxylic acids is 1. The number of carbonyl (C=O) groups excluding carboxylic acids is 1. The number of thiocarbonyl (C=S) groups is 1. The van der Waals surface area contributed by atoms with Crippen LogP contribution in [0.3, 0.4) is 0 Å². The van der Waals surface area contributed by atoms with Gasteiger partial charge in [0.25, 0.3) is 5.91 Å². The number of thioether (sulfide) groups is 1. The van der Waals surface area contributed by atoms with E-state index in [1.807, 2.05) is 0 Å². The number of nitrogens with zero attached hydrogens (tertiary/aromatic N) is 2. The number of rotatable bonds is 3. The summed E-state index contributed by atoms with van der Waals surface area (Å²) in [5.41, 5.74) is 3.68. The number of fused-ring (bicyclic) bond motifs is 2. The number of amides is 1. The average Bonchev–Trinajstić information content (AvgIpc) is 2.99. The van der Waals surface area contributed by atoms with E-state index in [-0.39, 0.29) is 25.6 Å². The zero-order valence-corrected chi connectivity index (χ0v) is 21.2. The van der Waals surface area contributed by atoms with E-state index in [9.17, 15) is 14.4 Å². The summed E-state index contributed by atoms with van der Waals surface area (Å²) < 4.78 is 6.10. The molecule has 0 radical (unpaired) electrons. The Morgan fingerprint density at radius 3 is 2.53 bits per heavy atom. The van der Waals surface area contributed by atoms with Crippen LogP contribution in [-0.2, 0) is 20.4 Å². The molecule has 0 saturated carbocycles. The van der Waals surface area contributed by atoms with Gasteiger partial charge in [-0.15, -0.1) is 0 Å². The number of carboxylic acid groups (broad SMARTS) is 1. The Labute approximate surface area is 206 Å². The van der Waals surface area contributed by atoms with Gasteiger partial charge in [-0.25, -0.2) is 4.79 Å². The Morgan fingerprint density at radius 1 is 1.18 bits per heavy atom. The Bertz CT molecular complexity index is 1370. The van der Waals surface area contributed by atoms with Gasteiger partial charge in [-0.1, -0.05) is 51.7 Å². The Balaban J connectivity index is 1.69. The third-order valence-electron chi connectivity index (χ3n) is 7.21. The molecule has 178 valence electrons. The van der Waals surface area contributed by atoms with Crippen LogP contribution in [0.25, 0.3) is 17.0 Å². The quantitative estimate of drug-likeness (QED) is 0.382. The second-order valence-corrected chi connectivity index (χ2v) is 12.1. The summed E-state index contributed by atoms with van der Waals surface area (Å²) in [7, 11) is 0. The van der Waals surface area contributed by atoms with Crippen LogP contribution in [0.5, 0.6) is 0 Å². The van der Waals surface area contributed by atoms with Crippen LogP contribution in [-0.4, -0.2) is 45.8 Å². The molecule has 5 rings (SSSR count). The van der Waals surface area contributed by atoms with Crippen LogP contribution in [0.1, 0.15) is 57.2 Å². The molecule has 0 aliphatic carbocycles. The molecular weight excluding hydrogens is 472 g/mol. The minimum absolute atomic E-state index is 0.0161. The van der Waals surface area contributed by atoms with Crippen molar-refractivity contribution < 1.29 is 19.1 Å². The Morgan fingerprint density at radius 2 is 1.85 bits per heavy atom. The molecule has 3 aliphatic rings. The first-order chi connectivity index (χ1) is 15.9. The summed E-state index contributed by atoms with van der Waals surface area (Å²) in [5.74, 6) is -1.67. The molecule has 34 heavy (non-hydrogen) atoms. The monoisotopic (exact) mass is 498 g/mol. The fourth-order valence-corrected chi connectivity index (χ4v) is 6.43. The number of carbonyl (C=O) groups is 2. The van der Waals surface area contributed by atoms with E-state index in [1.165, 1.54) is 17.3 Å². The molecule has 1 fully saturated rings. The molecule has 1 N–H and O–H groups in total. The molecule has 3 aliphatic heterocycles. The van der Waals surface area contributed by atoms with E-state index >= 15 is 0 Å². The number of benzene rings is 1. The van der Waals surface area contributed by atoms with Gasteiger partial charge in [0, 0.05) is 29.7 Å². The second kappa shape index (κ2) is 7.68. The number of hydrogen-bond acceptors (Lipinski definition) is 7. The average molecular weight is 499 g/mol. The van der Waals surface area contributed by atoms with Crippen LogP contribution in [0.2, 0.25) is 0 Å². The van der Waals surface area contributed by atoms with Crippen molar-refractivity contribution in [3.8, 4) is 0 Å². The highest BCUT2D eigenvalue weighted by molar-refractivity contribution is 8.26. The van der Waals surface area contributed by atoms with Crippen molar-refractivity contribution in [3.05, 3.63) is 44.1 Å². The van der Waals surface area contributed by atoms with Crippen LogP contribution < -0.4 is 10.5 Å². The molecule has 9 heteroatoms. The van der Waals surface area contributed by atoms with E-state index in [4.69, 9.17) is 21.7 Å². The van der Waals surface area contributed by atoms with Gasteiger partial charge in [0.1, 0.15) is 16.4 Å². The minimum atomic E-state index is -1.15. The van der Waals surface area contributed by atoms with Crippen LogP contribution >= 0.6 is 24.0 Å². The predicted octanol–water partition coefficient (Wildman–Crippen LogP) is 4.25. The van der Waals surface area contributed by atoms with Crippen molar-refractivity contribution in [2.45, 2.75) is 51.4 Å². The highest BCUT2D eigenvalue weighted by Gasteiger charge is 2.42. The zero-order chi connectivity index (χ0) is 24.6. The normalized spacial score (nSPS) is 21.9. The fraction of sp³-hybridized carbons (Fsp3) is 0.440. The van der Waals surface area contributed by atoms with E-state index < -0.39 is 24.0 Å². The first-order valence-corrected chi connectivity index (χ1v) is 12.5. The summed E-state index contributed by atoms with van der Waals surface area (Å²) in [6.45, 7) is 10.3. The first-order valence-electron chi connectivity index (χ1n) is 11.3. The van der Waals surface area contributed by atoms with Crippen molar-refractivity contribution in [2.75, 3.05) is 24.5 Å². The van der Waals surface area contributed by atoms with Gasteiger partial charge in [0.2, 0.25) is 0 Å². The number of carboxylic acids is 1. The van der Waals surface area contributed by atoms with Gasteiger partial charge in [-0.3, -0.25) is 14.5 Å². The molecule has 1 amide bonds. The zero-order valence-electron chi connectivity index (χ0n) is 19.6. The molecule has 2 aromatic rings. The van der Waals surface area contributed by atoms with E-state index in [0.29, 0.717) is 5.58 Å². The smallest absolute Gasteiger partial charge is 0.343 e. The highest BCUT2D eigenvalue weighted by atomic mass is 32.2. The van der Waals surface area contributed by atoms with E-state index in [0.717, 1.165) is 53.5 Å². The molecule has 4 heterocycles. The van der Waals surface area contributed by atoms with Crippen molar-refractivity contribution in [1.82, 2.24) is 4.90 Å². The minimum Gasteiger partial charge on any atom is -0.480 e. The maximum absolute atomic E-state index is 13.1. The molecule has 0 atom stereocenters. The third kappa shape index (κ3) is 3.56. The number of anilines is 1. The summed E-state index contributed by atoms with van der Waals surface area (Å²) in [4.78, 5) is 40.5. The lowest BCUT2D eigenvalue weighted by Crippen LogP contribution is -2.44. The molecular formula is C25H26N2O5S2. The first kappa shape index (κ1) is 23.1. The maximum atomic E-state index is 13.1. The molecule has 1 saturated heterocycles. The lowest BCUT2D eigenvalue weighted by molar-refractivity contribution is -0.140. The molecule has 0 spiro atoms. The fourth-order valence-electron chi connectivity index (χ4n) is 5.18. The van der Waals surface area contributed by atoms with Crippen molar-refractivity contribution in [1.29, 1.82) is 0 Å². The molecule has 0 bridgehead atoms. The number of hydrogen-bond donors (Lipinski definition) is 1. The van der Waals surface area contributed by atoms with Gasteiger partial charge in [0.05, 0.1) is 10.5 Å². The second-order valence-electron chi connectivity index (χ2n) is 10.5. The van der Waals surface area contributed by atoms with E-state index in [1.54, 1.807) is 6.07 Å². The SMILES string of the molecule is CC1(C)CCN2CCC(C)(C)c3c2c1cc1cc(C=C2SC(=S)N(CC(=O)O)C2=O)c(=O)oc31. The van der Waals surface area contributed by atoms with Gasteiger partial charge in [-0.05, 0) is 47.4 Å². The van der Waals surface area contributed by atoms with Gasteiger partial charge in [-0.2, -0.15) is 0 Å². The standard InChI is InChI=1S/C25H26N2O5S2/c1-24(2)5-7-26-8-6-25(3,4)18-19(26)15(24)10-13-9-14(22(31)32-20(13)18)11-16-21(30)27(12-17(28)29)23(33)34-16/h9-11H,5-8,12H2,1-4H3,(H,28,29). The largest absolute Gasteiger partial charge is 0.480 e. The predicted molar refractivity (Wildman–Crippen MR) is 137 cm³/mol. The lowest BCUT2D eigenvalue weighted by Gasteiger charge is -2.48. The maximum Gasteiger partial charge on any atom is 0.343 e. The van der Waals surface area contributed by atoms with Crippen molar-refractivity contribution in [3.63, 3.8) is 0 Å². The lowest BCUT2D eigenvalue weighted by atomic mass is 9.69. The van der Waals surface area contributed by atoms with E-state index in [2.05, 4.69) is 38.7 Å². The molecule has 7 nitrogen and oxygen atoms in total. The van der Waals surface area contributed by atoms with Crippen LogP contribution in [0, 0.1) is 0 Å². The molecule has 0 unspecified atom stereocenters. The molecule has 1 aromatic heterocycles. The third-order valence-corrected chi connectivity index (χ3v) is 8.59. The van der Waals surface area contributed by atoms with Gasteiger partial charge >= 0.3 is 11.6 Å². The van der Waals surface area contributed by atoms with Crippen LogP contribution in [0.15, 0.2) is 26.2 Å². The molecule has 1 aromatic carbocycles.